The van der Waals surface area contributed by atoms with Crippen molar-refractivity contribution in [2.75, 3.05) is 17.7 Å². The van der Waals surface area contributed by atoms with E-state index >= 15 is 0 Å². The second-order valence-corrected chi connectivity index (χ2v) is 5.39. The maximum atomic E-state index is 12.6. The molecule has 3 aromatic rings. The van der Waals surface area contributed by atoms with E-state index in [1.54, 1.807) is 50.4 Å². The van der Waals surface area contributed by atoms with E-state index in [-0.39, 0.29) is 11.7 Å². The number of benzene rings is 2. The van der Waals surface area contributed by atoms with Crippen LogP contribution in [-0.2, 0) is 4.79 Å². The molecule has 0 atom stereocenters. The van der Waals surface area contributed by atoms with Gasteiger partial charge in [-0.05, 0) is 36.4 Å². The zero-order valence-corrected chi connectivity index (χ0v) is 14.0. The number of para-hydroxylation sites is 1. The van der Waals surface area contributed by atoms with Crippen LogP contribution in [0.2, 0.25) is 0 Å². The van der Waals surface area contributed by atoms with Crippen LogP contribution in [0.15, 0.2) is 52.9 Å². The predicted molar refractivity (Wildman–Crippen MR) is 96.1 cm³/mol. The Balaban J connectivity index is 1.94. The van der Waals surface area contributed by atoms with Crippen LogP contribution in [0.4, 0.5) is 11.4 Å². The average molecular weight is 338 g/mol. The second kappa shape index (κ2) is 7.09. The van der Waals surface area contributed by atoms with Crippen molar-refractivity contribution in [1.29, 1.82) is 0 Å². The molecule has 0 aliphatic heterocycles. The zero-order valence-electron chi connectivity index (χ0n) is 14.0. The molecular weight excluding hydrogens is 320 g/mol. The van der Waals surface area contributed by atoms with Gasteiger partial charge in [0.2, 0.25) is 11.7 Å². The largest absolute Gasteiger partial charge is 0.497 e. The number of furan rings is 1. The summed E-state index contributed by atoms with van der Waals surface area (Å²) in [6, 6.07) is 14.1. The number of methoxy groups -OCH3 is 1. The molecule has 6 nitrogen and oxygen atoms in total. The number of nitrogens with one attached hydrogen (secondary N) is 2. The third-order valence-corrected chi connectivity index (χ3v) is 3.74. The van der Waals surface area contributed by atoms with Crippen molar-refractivity contribution in [3.63, 3.8) is 0 Å². The van der Waals surface area contributed by atoms with Crippen molar-refractivity contribution in [2.24, 2.45) is 0 Å². The number of hydrogen-bond donors (Lipinski definition) is 2. The summed E-state index contributed by atoms with van der Waals surface area (Å²) in [7, 11) is 1.57. The van der Waals surface area contributed by atoms with E-state index in [9.17, 15) is 9.59 Å². The Morgan fingerprint density at radius 1 is 1.04 bits per heavy atom. The molecule has 0 bridgehead atoms. The number of fused-ring (bicyclic) bond motifs is 1. The topological polar surface area (TPSA) is 80.6 Å². The highest BCUT2D eigenvalue weighted by Gasteiger charge is 2.22. The summed E-state index contributed by atoms with van der Waals surface area (Å²) < 4.78 is 10.8. The molecule has 2 N–H and O–H groups in total. The summed E-state index contributed by atoms with van der Waals surface area (Å²) in [5.41, 5.74) is 1.52. The Hall–Kier alpha value is -3.28. The Morgan fingerprint density at radius 2 is 1.76 bits per heavy atom. The van der Waals surface area contributed by atoms with Gasteiger partial charge < -0.3 is 19.8 Å². The number of amides is 2. The summed E-state index contributed by atoms with van der Waals surface area (Å²) >= 11 is 0. The molecule has 0 fully saturated rings. The first-order valence-corrected chi connectivity index (χ1v) is 7.89. The van der Waals surface area contributed by atoms with Gasteiger partial charge in [0.1, 0.15) is 17.0 Å². The van der Waals surface area contributed by atoms with Crippen molar-refractivity contribution < 1.29 is 18.7 Å². The Labute approximate surface area is 144 Å². The first-order valence-electron chi connectivity index (χ1n) is 7.89. The molecule has 1 aromatic heterocycles. The fourth-order valence-electron chi connectivity index (χ4n) is 2.42. The fourth-order valence-corrected chi connectivity index (χ4v) is 2.42. The predicted octanol–water partition coefficient (Wildman–Crippen LogP) is 4.04. The van der Waals surface area contributed by atoms with Crippen LogP contribution in [-0.4, -0.2) is 18.9 Å². The number of ether oxygens (including phenoxy) is 1. The van der Waals surface area contributed by atoms with Crippen molar-refractivity contribution >= 4 is 34.2 Å². The monoisotopic (exact) mass is 338 g/mol. The van der Waals surface area contributed by atoms with E-state index in [1.807, 2.05) is 12.1 Å². The minimum Gasteiger partial charge on any atom is -0.497 e. The lowest BCUT2D eigenvalue weighted by atomic mass is 10.2. The molecule has 0 unspecified atom stereocenters. The highest BCUT2D eigenvalue weighted by molar-refractivity contribution is 6.14. The summed E-state index contributed by atoms with van der Waals surface area (Å²) in [4.78, 5) is 24.5. The standard InChI is InChI=1S/C19H18N2O4/c1-3-16(22)21-17-14-6-4-5-7-15(14)25-18(17)19(23)20-12-8-10-13(24-2)11-9-12/h4-11H,3H2,1-2H3,(H,20,23)(H,21,22). The van der Waals surface area contributed by atoms with Gasteiger partial charge in [0.05, 0.1) is 7.11 Å². The number of carbonyl (C=O) groups excluding carboxylic acids is 2. The van der Waals surface area contributed by atoms with E-state index in [2.05, 4.69) is 10.6 Å². The molecule has 1 heterocycles. The number of hydrogen-bond acceptors (Lipinski definition) is 4. The normalized spacial score (nSPS) is 10.5. The summed E-state index contributed by atoms with van der Waals surface area (Å²) in [6.07, 6.45) is 0.305. The minimum atomic E-state index is -0.437. The molecule has 6 heteroatoms. The molecular formula is C19H18N2O4. The van der Waals surface area contributed by atoms with E-state index in [1.165, 1.54) is 0 Å². The van der Waals surface area contributed by atoms with Crippen LogP contribution in [0, 0.1) is 0 Å². The van der Waals surface area contributed by atoms with Gasteiger partial charge in [-0.3, -0.25) is 9.59 Å². The maximum absolute atomic E-state index is 12.6. The molecule has 25 heavy (non-hydrogen) atoms. The van der Waals surface area contributed by atoms with Gasteiger partial charge in [-0.1, -0.05) is 19.1 Å². The smallest absolute Gasteiger partial charge is 0.293 e. The SMILES string of the molecule is CCC(=O)Nc1c(C(=O)Nc2ccc(OC)cc2)oc2ccccc12. The van der Waals surface area contributed by atoms with Crippen molar-refractivity contribution in [2.45, 2.75) is 13.3 Å². The van der Waals surface area contributed by atoms with Crippen molar-refractivity contribution in [3.05, 3.63) is 54.3 Å². The first-order chi connectivity index (χ1) is 12.1. The Morgan fingerprint density at radius 3 is 2.44 bits per heavy atom. The van der Waals surface area contributed by atoms with Crippen molar-refractivity contribution in [1.82, 2.24) is 0 Å². The second-order valence-electron chi connectivity index (χ2n) is 5.39. The van der Waals surface area contributed by atoms with E-state index in [0.29, 0.717) is 34.5 Å². The minimum absolute atomic E-state index is 0.0684. The average Bonchev–Trinajstić information content (AvgIpc) is 3.01. The van der Waals surface area contributed by atoms with Crippen LogP contribution >= 0.6 is 0 Å². The zero-order chi connectivity index (χ0) is 17.8. The van der Waals surface area contributed by atoms with Gasteiger partial charge in [0.15, 0.2) is 0 Å². The molecule has 128 valence electrons. The quantitative estimate of drug-likeness (QED) is 0.735. The molecule has 2 amide bonds. The number of anilines is 2. The van der Waals surface area contributed by atoms with Crippen LogP contribution in [0.3, 0.4) is 0 Å². The van der Waals surface area contributed by atoms with Crippen LogP contribution in [0.5, 0.6) is 5.75 Å². The Bertz CT molecular complexity index is 913. The van der Waals surface area contributed by atoms with E-state index in [4.69, 9.17) is 9.15 Å². The summed E-state index contributed by atoms with van der Waals surface area (Å²) in [6.45, 7) is 1.74. The Kier molecular flexibility index (Phi) is 4.70. The van der Waals surface area contributed by atoms with Gasteiger partial charge in [0, 0.05) is 17.5 Å². The maximum Gasteiger partial charge on any atom is 0.293 e. The molecule has 2 aromatic carbocycles. The van der Waals surface area contributed by atoms with E-state index in [0.717, 1.165) is 0 Å². The summed E-state index contributed by atoms with van der Waals surface area (Å²) in [5.74, 6) is 0.134. The van der Waals surface area contributed by atoms with Gasteiger partial charge in [-0.25, -0.2) is 0 Å². The highest BCUT2D eigenvalue weighted by Crippen LogP contribution is 2.31. The fraction of sp³-hybridized carbons (Fsp3) is 0.158. The van der Waals surface area contributed by atoms with Crippen LogP contribution in [0.25, 0.3) is 11.0 Å². The molecule has 0 saturated heterocycles. The molecule has 3 rings (SSSR count). The van der Waals surface area contributed by atoms with E-state index < -0.39 is 5.91 Å². The third-order valence-electron chi connectivity index (χ3n) is 3.74. The lowest BCUT2D eigenvalue weighted by Crippen LogP contribution is -2.16. The first kappa shape index (κ1) is 16.6. The molecule has 0 spiro atoms. The molecule has 0 aliphatic carbocycles. The van der Waals surface area contributed by atoms with Gasteiger partial charge in [0.25, 0.3) is 5.91 Å². The molecule has 0 radical (unpaired) electrons. The number of carbonyl (C=O) groups is 2. The number of rotatable bonds is 5. The van der Waals surface area contributed by atoms with Gasteiger partial charge in [-0.2, -0.15) is 0 Å². The summed E-state index contributed by atoms with van der Waals surface area (Å²) in [5, 5.41) is 6.20. The van der Waals surface area contributed by atoms with Gasteiger partial charge >= 0.3 is 0 Å². The van der Waals surface area contributed by atoms with Crippen LogP contribution < -0.4 is 15.4 Å². The van der Waals surface area contributed by atoms with Gasteiger partial charge in [-0.15, -0.1) is 0 Å². The van der Waals surface area contributed by atoms with Crippen molar-refractivity contribution in [3.8, 4) is 5.75 Å². The lowest BCUT2D eigenvalue weighted by molar-refractivity contribution is -0.115. The van der Waals surface area contributed by atoms with Crippen LogP contribution in [0.1, 0.15) is 23.9 Å². The highest BCUT2D eigenvalue weighted by atomic mass is 16.5. The molecule has 0 aliphatic rings. The third kappa shape index (κ3) is 3.47. The molecule has 0 saturated carbocycles. The lowest BCUT2D eigenvalue weighted by Gasteiger charge is -2.07.